The zero-order valence-corrected chi connectivity index (χ0v) is 12.5. The Kier molecular flexibility index (Phi) is 4.10. The summed E-state index contributed by atoms with van der Waals surface area (Å²) in [4.78, 5) is 0. The first kappa shape index (κ1) is 13.6. The first-order valence-electron chi connectivity index (χ1n) is 6.68. The number of aryl methyl sites for hydroxylation is 1. The predicted molar refractivity (Wildman–Crippen MR) is 80.3 cm³/mol. The Morgan fingerprint density at radius 1 is 1.44 bits per heavy atom. The van der Waals surface area contributed by atoms with E-state index in [-0.39, 0.29) is 0 Å². The molecule has 0 spiro atoms. The maximum absolute atomic E-state index is 6.15. The molecule has 1 aromatic rings. The minimum atomic E-state index is 0.331. The summed E-state index contributed by atoms with van der Waals surface area (Å²) >= 11 is 1.95. The van der Waals surface area contributed by atoms with Crippen LogP contribution >= 0.6 is 11.8 Å². The third kappa shape index (κ3) is 2.46. The third-order valence-electron chi connectivity index (χ3n) is 3.70. The highest BCUT2D eigenvalue weighted by Crippen LogP contribution is 2.33. The summed E-state index contributed by atoms with van der Waals surface area (Å²) in [6.07, 6.45) is 6.03. The Labute approximate surface area is 114 Å². The molecule has 1 heterocycles. The molecule has 1 aromatic heterocycles. The van der Waals surface area contributed by atoms with Crippen molar-refractivity contribution in [1.29, 1.82) is 0 Å². The highest BCUT2D eigenvalue weighted by atomic mass is 32.2. The first-order chi connectivity index (χ1) is 8.54. The van der Waals surface area contributed by atoms with Crippen molar-refractivity contribution in [3.05, 3.63) is 5.69 Å². The van der Waals surface area contributed by atoms with Crippen LogP contribution in [-0.2, 0) is 0 Å². The van der Waals surface area contributed by atoms with E-state index in [1.807, 2.05) is 23.4 Å². The zero-order chi connectivity index (χ0) is 13.3. The number of anilines is 2. The average Bonchev–Trinajstić information content (AvgIpc) is 2.88. The normalized spacial score (nSPS) is 23.8. The lowest BCUT2D eigenvalue weighted by Crippen LogP contribution is -2.28. The summed E-state index contributed by atoms with van der Waals surface area (Å²) in [5, 5.41) is 8.86. The van der Waals surface area contributed by atoms with Crippen LogP contribution in [0.25, 0.3) is 0 Å². The van der Waals surface area contributed by atoms with Gasteiger partial charge in [-0.3, -0.25) is 0 Å². The Hall–Kier alpha value is -0.840. The monoisotopic (exact) mass is 268 g/mol. The van der Waals surface area contributed by atoms with Gasteiger partial charge in [0.15, 0.2) is 0 Å². The van der Waals surface area contributed by atoms with Crippen LogP contribution in [0.4, 0.5) is 11.5 Å². The molecule has 2 unspecified atom stereocenters. The first-order valence-corrected chi connectivity index (χ1v) is 7.97. The molecular formula is C13H24N4S. The van der Waals surface area contributed by atoms with E-state index in [4.69, 9.17) is 5.73 Å². The Bertz CT molecular complexity index is 413. The Morgan fingerprint density at radius 3 is 2.78 bits per heavy atom. The maximum atomic E-state index is 6.15. The second-order valence-electron chi connectivity index (χ2n) is 5.34. The Balaban J connectivity index is 2.22. The van der Waals surface area contributed by atoms with E-state index >= 15 is 0 Å². The van der Waals surface area contributed by atoms with Gasteiger partial charge in [-0.05, 0) is 39.9 Å². The minimum absolute atomic E-state index is 0.331. The molecule has 1 aliphatic rings. The van der Waals surface area contributed by atoms with Crippen molar-refractivity contribution in [3.8, 4) is 0 Å². The number of hydrogen-bond donors (Lipinski definition) is 2. The van der Waals surface area contributed by atoms with Crippen LogP contribution in [0, 0.1) is 6.92 Å². The highest BCUT2D eigenvalue weighted by molar-refractivity contribution is 7.99. The van der Waals surface area contributed by atoms with Crippen LogP contribution in [-0.4, -0.2) is 27.3 Å². The molecule has 1 fully saturated rings. The molecule has 102 valence electrons. The van der Waals surface area contributed by atoms with Gasteiger partial charge in [-0.1, -0.05) is 6.42 Å². The van der Waals surface area contributed by atoms with E-state index in [9.17, 15) is 0 Å². The summed E-state index contributed by atoms with van der Waals surface area (Å²) < 4.78 is 2.01. The molecule has 0 aliphatic heterocycles. The summed E-state index contributed by atoms with van der Waals surface area (Å²) in [6, 6.07) is 0.855. The molecule has 0 radical (unpaired) electrons. The van der Waals surface area contributed by atoms with Crippen LogP contribution in [0.5, 0.6) is 0 Å². The minimum Gasteiger partial charge on any atom is -0.394 e. The number of nitrogens with one attached hydrogen (secondary N) is 1. The molecule has 1 saturated carbocycles. The van der Waals surface area contributed by atoms with Gasteiger partial charge in [0.25, 0.3) is 0 Å². The van der Waals surface area contributed by atoms with E-state index in [0.717, 1.165) is 17.2 Å². The molecule has 2 atom stereocenters. The van der Waals surface area contributed by atoms with Crippen LogP contribution in [0.3, 0.4) is 0 Å². The van der Waals surface area contributed by atoms with Crippen molar-refractivity contribution >= 4 is 23.3 Å². The number of nitrogens with two attached hydrogens (primary N) is 1. The van der Waals surface area contributed by atoms with E-state index in [2.05, 4.69) is 30.5 Å². The van der Waals surface area contributed by atoms with Crippen molar-refractivity contribution in [2.75, 3.05) is 17.3 Å². The number of nitrogen functional groups attached to an aromatic ring is 1. The third-order valence-corrected chi connectivity index (χ3v) is 4.87. The van der Waals surface area contributed by atoms with Crippen LogP contribution in [0.2, 0.25) is 0 Å². The van der Waals surface area contributed by atoms with E-state index in [0.29, 0.717) is 17.3 Å². The molecule has 0 aromatic carbocycles. The van der Waals surface area contributed by atoms with Gasteiger partial charge < -0.3 is 11.1 Å². The van der Waals surface area contributed by atoms with Gasteiger partial charge in [0, 0.05) is 17.3 Å². The van der Waals surface area contributed by atoms with Crippen LogP contribution in [0.15, 0.2) is 0 Å². The molecule has 2 rings (SSSR count). The molecule has 3 N–H and O–H groups in total. The largest absolute Gasteiger partial charge is 0.394 e. The van der Waals surface area contributed by atoms with Crippen molar-refractivity contribution in [1.82, 2.24) is 9.78 Å². The quantitative estimate of drug-likeness (QED) is 0.881. The van der Waals surface area contributed by atoms with Gasteiger partial charge in [-0.15, -0.1) is 0 Å². The number of rotatable bonds is 4. The van der Waals surface area contributed by atoms with Crippen molar-refractivity contribution < 1.29 is 0 Å². The fourth-order valence-electron chi connectivity index (χ4n) is 2.63. The molecule has 5 heteroatoms. The van der Waals surface area contributed by atoms with E-state index in [1.54, 1.807) is 0 Å². The standard InChI is InChI=1S/C13H24N4S/c1-8(2)17-13(12(14)9(3)16-17)15-10-6-5-7-11(10)18-4/h8,10-11,15H,5-7,14H2,1-4H3. The molecule has 0 bridgehead atoms. The van der Waals surface area contributed by atoms with E-state index < -0.39 is 0 Å². The van der Waals surface area contributed by atoms with Crippen LogP contribution < -0.4 is 11.1 Å². The fraction of sp³-hybridized carbons (Fsp3) is 0.769. The van der Waals surface area contributed by atoms with Gasteiger partial charge >= 0.3 is 0 Å². The smallest absolute Gasteiger partial charge is 0.148 e. The van der Waals surface area contributed by atoms with Crippen molar-refractivity contribution in [3.63, 3.8) is 0 Å². The van der Waals surface area contributed by atoms with Gasteiger partial charge in [0.1, 0.15) is 5.82 Å². The molecular weight excluding hydrogens is 244 g/mol. The fourth-order valence-corrected chi connectivity index (χ4v) is 3.56. The molecule has 0 saturated heterocycles. The van der Waals surface area contributed by atoms with Gasteiger partial charge in [0.2, 0.25) is 0 Å². The lowest BCUT2D eigenvalue weighted by Gasteiger charge is -2.22. The van der Waals surface area contributed by atoms with Gasteiger partial charge in [0.05, 0.1) is 11.4 Å². The lowest BCUT2D eigenvalue weighted by molar-refractivity contribution is 0.530. The highest BCUT2D eigenvalue weighted by Gasteiger charge is 2.28. The van der Waals surface area contributed by atoms with Crippen molar-refractivity contribution in [2.45, 2.75) is 57.4 Å². The number of aromatic nitrogens is 2. The SMILES string of the molecule is CSC1CCCC1Nc1c(N)c(C)nn1C(C)C. The number of hydrogen-bond acceptors (Lipinski definition) is 4. The van der Waals surface area contributed by atoms with E-state index in [1.165, 1.54) is 19.3 Å². The zero-order valence-electron chi connectivity index (χ0n) is 11.7. The summed E-state index contributed by atoms with van der Waals surface area (Å²) in [7, 11) is 0. The van der Waals surface area contributed by atoms with Crippen LogP contribution in [0.1, 0.15) is 44.8 Å². The van der Waals surface area contributed by atoms with Gasteiger partial charge in [-0.2, -0.15) is 16.9 Å². The average molecular weight is 268 g/mol. The second kappa shape index (κ2) is 5.43. The lowest BCUT2D eigenvalue weighted by atomic mass is 10.2. The van der Waals surface area contributed by atoms with Crippen molar-refractivity contribution in [2.24, 2.45) is 0 Å². The maximum Gasteiger partial charge on any atom is 0.148 e. The number of nitrogens with zero attached hydrogens (tertiary/aromatic N) is 2. The number of thioether (sulfide) groups is 1. The van der Waals surface area contributed by atoms with Gasteiger partial charge in [-0.25, -0.2) is 4.68 Å². The molecule has 18 heavy (non-hydrogen) atoms. The molecule has 1 aliphatic carbocycles. The summed E-state index contributed by atoms with van der Waals surface area (Å²) in [5.74, 6) is 1.01. The Morgan fingerprint density at radius 2 is 2.17 bits per heavy atom. The molecule has 4 nitrogen and oxygen atoms in total. The molecule has 0 amide bonds. The summed E-state index contributed by atoms with van der Waals surface area (Å²) in [6.45, 7) is 6.25. The topological polar surface area (TPSA) is 55.9 Å². The predicted octanol–water partition coefficient (Wildman–Crippen LogP) is 3.05. The summed E-state index contributed by atoms with van der Waals surface area (Å²) in [5.41, 5.74) is 7.88. The second-order valence-corrected chi connectivity index (χ2v) is 6.42.